The zero-order chi connectivity index (χ0) is 13.0. The number of hydrogen-bond donors (Lipinski definition) is 1. The van der Waals surface area contributed by atoms with Gasteiger partial charge in [0.2, 0.25) is 0 Å². The van der Waals surface area contributed by atoms with Gasteiger partial charge in [0.15, 0.2) is 5.75 Å². The summed E-state index contributed by atoms with van der Waals surface area (Å²) < 4.78 is 35.0. The van der Waals surface area contributed by atoms with Gasteiger partial charge in [0.1, 0.15) is 5.69 Å². The lowest BCUT2D eigenvalue weighted by atomic mass is 10.1. The van der Waals surface area contributed by atoms with Gasteiger partial charge in [0, 0.05) is 0 Å². The summed E-state index contributed by atoms with van der Waals surface area (Å²) in [6.45, 7) is 0. The molecular weight excluding hydrogens is 236 g/mol. The fraction of sp³-hybridized carbons (Fsp3) is 0.400. The predicted octanol–water partition coefficient (Wildman–Crippen LogP) is 1.66. The van der Waals surface area contributed by atoms with Crippen molar-refractivity contribution >= 4 is 5.97 Å². The van der Waals surface area contributed by atoms with Crippen LogP contribution in [0.15, 0.2) is 6.07 Å². The maximum absolute atomic E-state index is 12.7. The van der Waals surface area contributed by atoms with E-state index in [0.29, 0.717) is 0 Å². The maximum atomic E-state index is 12.7. The normalized spacial score (nSPS) is 10.4. The van der Waals surface area contributed by atoms with E-state index < -0.39 is 24.5 Å². The average molecular weight is 247 g/mol. The van der Waals surface area contributed by atoms with Crippen molar-refractivity contribution in [2.45, 2.75) is 12.8 Å². The Balaban J connectivity index is 3.29. The first-order valence-corrected chi connectivity index (χ1v) is 4.61. The van der Waals surface area contributed by atoms with E-state index in [9.17, 15) is 13.6 Å². The van der Waals surface area contributed by atoms with Crippen molar-refractivity contribution in [3.8, 4) is 11.6 Å². The molecule has 0 aliphatic carbocycles. The first-order valence-electron chi connectivity index (χ1n) is 4.61. The smallest absolute Gasteiger partial charge is 0.307 e. The van der Waals surface area contributed by atoms with Crippen LogP contribution in [-0.4, -0.2) is 30.3 Å². The Kier molecular flexibility index (Phi) is 4.19. The summed E-state index contributed by atoms with van der Waals surface area (Å²) >= 11 is 0. The van der Waals surface area contributed by atoms with Gasteiger partial charge in [-0.3, -0.25) is 4.79 Å². The monoisotopic (exact) mass is 247 g/mol. The number of halogens is 2. The molecule has 1 rings (SSSR count). The van der Waals surface area contributed by atoms with Crippen molar-refractivity contribution in [2.75, 3.05) is 14.2 Å². The van der Waals surface area contributed by atoms with Crippen molar-refractivity contribution in [1.82, 2.24) is 4.98 Å². The minimum atomic E-state index is -2.87. The molecule has 0 amide bonds. The van der Waals surface area contributed by atoms with Gasteiger partial charge in [-0.15, -0.1) is 0 Å². The SMILES string of the molecule is COc1cc(CC(=O)O)c(C(F)F)nc1OC. The molecule has 0 radical (unpaired) electrons. The van der Waals surface area contributed by atoms with Crippen LogP contribution < -0.4 is 9.47 Å². The molecular formula is C10H11F2NO4. The van der Waals surface area contributed by atoms with Crippen molar-refractivity contribution in [1.29, 1.82) is 0 Å². The summed E-state index contributed by atoms with van der Waals surface area (Å²) in [5, 5.41) is 8.62. The quantitative estimate of drug-likeness (QED) is 0.857. The van der Waals surface area contributed by atoms with Gasteiger partial charge in [0.05, 0.1) is 20.6 Å². The third-order valence-corrected chi connectivity index (χ3v) is 2.03. The van der Waals surface area contributed by atoms with Gasteiger partial charge >= 0.3 is 5.97 Å². The number of carboxylic acids is 1. The summed E-state index contributed by atoms with van der Waals surface area (Å²) in [5.41, 5.74) is -0.699. The number of hydrogen-bond acceptors (Lipinski definition) is 4. The van der Waals surface area contributed by atoms with Crippen molar-refractivity contribution < 1.29 is 28.2 Å². The molecule has 0 atom stereocenters. The summed E-state index contributed by atoms with van der Waals surface area (Å²) in [7, 11) is 2.57. The average Bonchev–Trinajstić information content (AvgIpc) is 2.27. The fourth-order valence-corrected chi connectivity index (χ4v) is 1.32. The molecule has 0 saturated heterocycles. The van der Waals surface area contributed by atoms with Crippen LogP contribution in [0.3, 0.4) is 0 Å². The van der Waals surface area contributed by atoms with E-state index in [-0.39, 0.29) is 17.2 Å². The molecule has 0 bridgehead atoms. The van der Waals surface area contributed by atoms with Crippen LogP contribution in [0.5, 0.6) is 11.6 Å². The first kappa shape index (κ1) is 13.1. The van der Waals surface area contributed by atoms with Crippen molar-refractivity contribution in [3.63, 3.8) is 0 Å². The molecule has 0 spiro atoms. The molecule has 0 unspecified atom stereocenters. The molecule has 0 fully saturated rings. The van der Waals surface area contributed by atoms with Crippen molar-refractivity contribution in [3.05, 3.63) is 17.3 Å². The number of pyridine rings is 1. The number of aromatic nitrogens is 1. The highest BCUT2D eigenvalue weighted by molar-refractivity contribution is 5.71. The van der Waals surface area contributed by atoms with Gasteiger partial charge in [-0.1, -0.05) is 0 Å². The highest BCUT2D eigenvalue weighted by Gasteiger charge is 2.21. The molecule has 5 nitrogen and oxygen atoms in total. The number of carboxylic acid groups (broad SMARTS) is 1. The van der Waals surface area contributed by atoms with Crippen LogP contribution >= 0.6 is 0 Å². The number of carbonyl (C=O) groups is 1. The molecule has 0 aromatic carbocycles. The molecule has 7 heteroatoms. The van der Waals surface area contributed by atoms with Gasteiger partial charge in [-0.05, 0) is 11.6 Å². The number of aliphatic carboxylic acids is 1. The molecule has 1 aromatic heterocycles. The van der Waals surface area contributed by atoms with Crippen LogP contribution in [0.4, 0.5) is 8.78 Å². The highest BCUT2D eigenvalue weighted by Crippen LogP contribution is 2.31. The topological polar surface area (TPSA) is 68.7 Å². The lowest BCUT2D eigenvalue weighted by Crippen LogP contribution is -2.08. The molecule has 0 aliphatic heterocycles. The van der Waals surface area contributed by atoms with E-state index in [4.69, 9.17) is 14.6 Å². The second-order valence-electron chi connectivity index (χ2n) is 3.12. The molecule has 0 aliphatic rings. The third kappa shape index (κ3) is 3.02. The minimum absolute atomic E-state index is 0.0925. The largest absolute Gasteiger partial charge is 0.491 e. The Hall–Kier alpha value is -1.92. The highest BCUT2D eigenvalue weighted by atomic mass is 19.3. The lowest BCUT2D eigenvalue weighted by Gasteiger charge is -2.12. The van der Waals surface area contributed by atoms with E-state index in [2.05, 4.69) is 4.98 Å². The van der Waals surface area contributed by atoms with Gasteiger partial charge in [0.25, 0.3) is 12.3 Å². The first-order chi connectivity index (χ1) is 7.99. The number of rotatable bonds is 5. The summed E-state index contributed by atoms with van der Waals surface area (Å²) in [6, 6.07) is 1.20. The maximum Gasteiger partial charge on any atom is 0.307 e. The van der Waals surface area contributed by atoms with Crippen LogP contribution in [0.1, 0.15) is 17.7 Å². The van der Waals surface area contributed by atoms with E-state index >= 15 is 0 Å². The Bertz CT molecular complexity index is 423. The van der Waals surface area contributed by atoms with Gasteiger partial charge in [-0.25, -0.2) is 13.8 Å². The Morgan fingerprint density at radius 3 is 2.53 bits per heavy atom. The molecule has 1 aromatic rings. The van der Waals surface area contributed by atoms with Crippen LogP contribution in [0.2, 0.25) is 0 Å². The number of alkyl halides is 2. The standard InChI is InChI=1S/C10H11F2NO4/c1-16-6-3-5(4-7(14)15)8(9(11)12)13-10(6)17-2/h3,9H,4H2,1-2H3,(H,14,15). The zero-order valence-corrected chi connectivity index (χ0v) is 9.24. The second kappa shape index (κ2) is 5.42. The van der Waals surface area contributed by atoms with Crippen LogP contribution in [-0.2, 0) is 11.2 Å². The molecule has 1 N–H and O–H groups in total. The number of methoxy groups -OCH3 is 2. The van der Waals surface area contributed by atoms with Crippen molar-refractivity contribution in [2.24, 2.45) is 0 Å². The molecule has 1 heterocycles. The zero-order valence-electron chi connectivity index (χ0n) is 9.24. The predicted molar refractivity (Wildman–Crippen MR) is 53.6 cm³/mol. The number of nitrogens with zero attached hydrogens (tertiary/aromatic N) is 1. The fourth-order valence-electron chi connectivity index (χ4n) is 1.32. The van der Waals surface area contributed by atoms with E-state index in [1.807, 2.05) is 0 Å². The van der Waals surface area contributed by atoms with E-state index in [0.717, 1.165) is 0 Å². The van der Waals surface area contributed by atoms with Crippen LogP contribution in [0, 0.1) is 0 Å². The second-order valence-corrected chi connectivity index (χ2v) is 3.12. The Morgan fingerprint density at radius 2 is 2.12 bits per heavy atom. The summed E-state index contributed by atoms with van der Waals surface area (Å²) in [5.74, 6) is -1.20. The Morgan fingerprint density at radius 1 is 1.47 bits per heavy atom. The summed E-state index contributed by atoms with van der Waals surface area (Å²) in [4.78, 5) is 14.1. The number of ether oxygens (including phenoxy) is 2. The van der Waals surface area contributed by atoms with Gasteiger partial charge in [-0.2, -0.15) is 0 Å². The summed E-state index contributed by atoms with van der Waals surface area (Å²) in [6.07, 6.45) is -3.42. The minimum Gasteiger partial charge on any atom is -0.491 e. The Labute approximate surface area is 96.0 Å². The van der Waals surface area contributed by atoms with Crippen LogP contribution in [0.25, 0.3) is 0 Å². The van der Waals surface area contributed by atoms with Gasteiger partial charge < -0.3 is 14.6 Å². The third-order valence-electron chi connectivity index (χ3n) is 2.03. The van der Waals surface area contributed by atoms with E-state index in [1.54, 1.807) is 0 Å². The molecule has 0 saturated carbocycles. The molecule has 94 valence electrons. The lowest BCUT2D eigenvalue weighted by molar-refractivity contribution is -0.136. The van der Waals surface area contributed by atoms with E-state index in [1.165, 1.54) is 20.3 Å². The molecule has 17 heavy (non-hydrogen) atoms.